The van der Waals surface area contributed by atoms with Crippen LogP contribution in [0.25, 0.3) is 0 Å². The first-order valence-corrected chi connectivity index (χ1v) is 3.43. The molecule has 0 saturated heterocycles. The third-order valence-corrected chi connectivity index (χ3v) is 1.06. The molecule has 0 saturated carbocycles. The predicted octanol–water partition coefficient (Wildman–Crippen LogP) is 0.171. The summed E-state index contributed by atoms with van der Waals surface area (Å²) in [7, 11) is 0. The standard InChI is InChI=1S/C7H12FN5/c1-3-12-7(13-4(2)8)5(9)6(10)11/h3,13H,2,9H2,1H3,(H3,10,11)/b7-5-,12-3?. The average Bonchev–Trinajstić information content (AvgIpc) is 2.01. The van der Waals surface area contributed by atoms with E-state index in [1.165, 1.54) is 6.21 Å². The summed E-state index contributed by atoms with van der Waals surface area (Å²) in [5, 5.41) is 9.12. The first-order chi connectivity index (χ1) is 5.99. The van der Waals surface area contributed by atoms with Crippen LogP contribution in [0.3, 0.4) is 0 Å². The van der Waals surface area contributed by atoms with Crippen LogP contribution in [0.1, 0.15) is 6.92 Å². The molecular formula is C7H12FN5. The lowest BCUT2D eigenvalue weighted by atomic mass is 10.4. The summed E-state index contributed by atoms with van der Waals surface area (Å²) in [6.07, 6.45) is 1.39. The molecule has 0 aliphatic heterocycles. The summed E-state index contributed by atoms with van der Waals surface area (Å²) in [5.74, 6) is -1.22. The third-order valence-electron chi connectivity index (χ3n) is 1.06. The highest BCUT2D eigenvalue weighted by molar-refractivity contribution is 5.94. The molecule has 6 heteroatoms. The first kappa shape index (κ1) is 11.2. The fourth-order valence-corrected chi connectivity index (χ4v) is 0.554. The van der Waals surface area contributed by atoms with Crippen LogP contribution in [0.15, 0.2) is 29.0 Å². The minimum Gasteiger partial charge on any atom is -0.393 e. The van der Waals surface area contributed by atoms with E-state index in [-0.39, 0.29) is 17.4 Å². The molecule has 0 aliphatic rings. The van der Waals surface area contributed by atoms with Gasteiger partial charge < -0.3 is 16.8 Å². The summed E-state index contributed by atoms with van der Waals surface area (Å²) in [4.78, 5) is 3.68. The molecule has 0 aromatic rings. The molecule has 13 heavy (non-hydrogen) atoms. The lowest BCUT2D eigenvalue weighted by molar-refractivity contribution is 0.576. The number of halogens is 1. The van der Waals surface area contributed by atoms with Gasteiger partial charge in [-0.15, -0.1) is 0 Å². The summed E-state index contributed by atoms with van der Waals surface area (Å²) in [6.45, 7) is 4.59. The van der Waals surface area contributed by atoms with Crippen molar-refractivity contribution in [1.82, 2.24) is 5.32 Å². The zero-order chi connectivity index (χ0) is 10.4. The molecule has 0 aliphatic carbocycles. The molecule has 0 aromatic heterocycles. The highest BCUT2D eigenvalue weighted by atomic mass is 19.1. The molecule has 0 radical (unpaired) electrons. The lowest BCUT2D eigenvalue weighted by Crippen LogP contribution is -2.25. The van der Waals surface area contributed by atoms with Crippen molar-refractivity contribution in [2.45, 2.75) is 6.92 Å². The summed E-state index contributed by atoms with van der Waals surface area (Å²) in [5.41, 5.74) is 10.3. The van der Waals surface area contributed by atoms with Gasteiger partial charge in [0, 0.05) is 6.21 Å². The molecule has 0 amide bonds. The number of hydrogen-bond acceptors (Lipinski definition) is 4. The van der Waals surface area contributed by atoms with Crippen LogP contribution in [0.4, 0.5) is 4.39 Å². The van der Waals surface area contributed by atoms with E-state index < -0.39 is 5.95 Å². The van der Waals surface area contributed by atoms with Gasteiger partial charge in [0.15, 0.2) is 11.8 Å². The van der Waals surface area contributed by atoms with E-state index in [4.69, 9.17) is 16.9 Å². The number of nitrogens with zero attached hydrogens (tertiary/aromatic N) is 1. The molecule has 0 bridgehead atoms. The Hall–Kier alpha value is -1.85. The van der Waals surface area contributed by atoms with Crippen LogP contribution >= 0.6 is 0 Å². The molecule has 6 N–H and O–H groups in total. The van der Waals surface area contributed by atoms with Crippen molar-refractivity contribution in [2.75, 3.05) is 0 Å². The van der Waals surface area contributed by atoms with E-state index >= 15 is 0 Å². The molecule has 0 unspecified atom stereocenters. The second-order valence-corrected chi connectivity index (χ2v) is 2.09. The van der Waals surface area contributed by atoms with E-state index in [0.29, 0.717) is 0 Å². The summed E-state index contributed by atoms with van der Waals surface area (Å²) < 4.78 is 12.3. The Morgan fingerprint density at radius 2 is 2.15 bits per heavy atom. The molecule has 72 valence electrons. The zero-order valence-corrected chi connectivity index (χ0v) is 7.26. The SMILES string of the molecule is C=C(F)N/C(N=CC)=C(\N)C(=N)N. The topological polar surface area (TPSA) is 100 Å². The van der Waals surface area contributed by atoms with Crippen LogP contribution in [-0.2, 0) is 0 Å². The molecule has 0 heterocycles. The molecule has 0 aromatic carbocycles. The minimum atomic E-state index is -0.815. The van der Waals surface area contributed by atoms with Crippen molar-refractivity contribution in [2.24, 2.45) is 16.5 Å². The normalized spacial score (nSPS) is 12.5. The average molecular weight is 185 g/mol. The van der Waals surface area contributed by atoms with E-state index in [0.717, 1.165) is 0 Å². The Balaban J connectivity index is 4.87. The van der Waals surface area contributed by atoms with E-state index in [1.54, 1.807) is 6.92 Å². The lowest BCUT2D eigenvalue weighted by Gasteiger charge is -2.06. The van der Waals surface area contributed by atoms with Crippen molar-refractivity contribution >= 4 is 12.1 Å². The van der Waals surface area contributed by atoms with Gasteiger partial charge >= 0.3 is 0 Å². The van der Waals surface area contributed by atoms with Crippen LogP contribution in [0.2, 0.25) is 0 Å². The Kier molecular flexibility index (Phi) is 4.21. The summed E-state index contributed by atoms with van der Waals surface area (Å²) >= 11 is 0. The highest BCUT2D eigenvalue weighted by Crippen LogP contribution is 2.00. The maximum Gasteiger partial charge on any atom is 0.185 e. The van der Waals surface area contributed by atoms with Gasteiger partial charge in [-0.25, -0.2) is 4.99 Å². The van der Waals surface area contributed by atoms with Crippen molar-refractivity contribution in [3.63, 3.8) is 0 Å². The number of rotatable bonds is 4. The van der Waals surface area contributed by atoms with Crippen molar-refractivity contribution in [3.05, 3.63) is 24.0 Å². The molecule has 0 atom stereocenters. The van der Waals surface area contributed by atoms with Crippen LogP contribution in [0, 0.1) is 5.41 Å². The van der Waals surface area contributed by atoms with Crippen molar-refractivity contribution in [3.8, 4) is 0 Å². The van der Waals surface area contributed by atoms with Gasteiger partial charge in [-0.1, -0.05) is 0 Å². The zero-order valence-electron chi connectivity index (χ0n) is 7.26. The quantitative estimate of drug-likeness (QED) is 0.285. The largest absolute Gasteiger partial charge is 0.393 e. The number of nitrogens with one attached hydrogen (secondary N) is 2. The minimum absolute atomic E-state index is 0.0255. The van der Waals surface area contributed by atoms with Gasteiger partial charge in [0.2, 0.25) is 0 Å². The Labute approximate surface area is 75.5 Å². The highest BCUT2D eigenvalue weighted by Gasteiger charge is 2.04. The molecule has 0 spiro atoms. The van der Waals surface area contributed by atoms with Gasteiger partial charge in [-0.05, 0) is 13.5 Å². The maximum absolute atomic E-state index is 12.3. The van der Waals surface area contributed by atoms with E-state index in [1.807, 2.05) is 0 Å². The van der Waals surface area contributed by atoms with E-state index in [9.17, 15) is 4.39 Å². The molecule has 0 fully saturated rings. The van der Waals surface area contributed by atoms with Crippen molar-refractivity contribution < 1.29 is 4.39 Å². The van der Waals surface area contributed by atoms with Crippen LogP contribution in [-0.4, -0.2) is 12.1 Å². The Morgan fingerprint density at radius 1 is 1.62 bits per heavy atom. The molecular weight excluding hydrogens is 173 g/mol. The number of hydrogen-bond donors (Lipinski definition) is 4. The number of amidine groups is 1. The fourth-order valence-electron chi connectivity index (χ4n) is 0.554. The summed E-state index contributed by atoms with van der Waals surface area (Å²) in [6, 6.07) is 0. The van der Waals surface area contributed by atoms with Crippen LogP contribution in [0.5, 0.6) is 0 Å². The van der Waals surface area contributed by atoms with Gasteiger partial charge in [0.05, 0.1) is 0 Å². The van der Waals surface area contributed by atoms with E-state index in [2.05, 4.69) is 16.9 Å². The number of aliphatic imine (C=N–C) groups is 1. The smallest absolute Gasteiger partial charge is 0.185 e. The van der Waals surface area contributed by atoms with Gasteiger partial charge in [0.1, 0.15) is 11.5 Å². The van der Waals surface area contributed by atoms with Gasteiger partial charge in [0.25, 0.3) is 0 Å². The van der Waals surface area contributed by atoms with Gasteiger partial charge in [-0.3, -0.25) is 5.41 Å². The molecule has 5 nitrogen and oxygen atoms in total. The second kappa shape index (κ2) is 4.91. The monoisotopic (exact) mass is 185 g/mol. The number of nitrogens with two attached hydrogens (primary N) is 2. The predicted molar refractivity (Wildman–Crippen MR) is 50.7 cm³/mol. The van der Waals surface area contributed by atoms with Crippen molar-refractivity contribution in [1.29, 1.82) is 5.41 Å². The third kappa shape index (κ3) is 3.90. The van der Waals surface area contributed by atoms with Gasteiger partial charge in [-0.2, -0.15) is 4.39 Å². The Morgan fingerprint density at radius 3 is 2.46 bits per heavy atom. The second-order valence-electron chi connectivity index (χ2n) is 2.09. The van der Waals surface area contributed by atoms with Crippen LogP contribution < -0.4 is 16.8 Å². The maximum atomic E-state index is 12.3. The first-order valence-electron chi connectivity index (χ1n) is 3.43. The molecule has 0 rings (SSSR count). The Bertz CT molecular complexity index is 279. The fraction of sp³-hybridized carbons (Fsp3) is 0.143.